The molecule has 0 atom stereocenters. The fraction of sp³-hybridized carbons (Fsp3) is 0. The Bertz CT molecular complexity index is 700. The molecule has 2 aromatic heterocycles. The van der Waals surface area contributed by atoms with E-state index < -0.39 is 0 Å². The number of anilines is 2. The Morgan fingerprint density at radius 1 is 1.24 bits per heavy atom. The third-order valence-electron chi connectivity index (χ3n) is 2.31. The first-order chi connectivity index (χ1) is 8.33. The minimum atomic E-state index is -0.203. The van der Waals surface area contributed by atoms with Gasteiger partial charge >= 0.3 is 0 Å². The maximum atomic E-state index is 11.7. The fourth-order valence-corrected chi connectivity index (χ4v) is 1.56. The van der Waals surface area contributed by atoms with Gasteiger partial charge in [0.25, 0.3) is 11.3 Å². The molecule has 0 unspecified atom stereocenters. The number of aromatic nitrogens is 4. The molecule has 0 amide bonds. The number of nitrogens with one attached hydrogen (secondary N) is 2. The van der Waals surface area contributed by atoms with Gasteiger partial charge in [0.15, 0.2) is 0 Å². The summed E-state index contributed by atoms with van der Waals surface area (Å²) in [5.41, 5.74) is 0.671. The van der Waals surface area contributed by atoms with Crippen LogP contribution in [0.1, 0.15) is 0 Å². The van der Waals surface area contributed by atoms with Crippen LogP contribution in [0.5, 0.6) is 0 Å². The Labute approximate surface area is 95.9 Å². The molecule has 6 nitrogen and oxygen atoms in total. The van der Waals surface area contributed by atoms with Gasteiger partial charge in [-0.1, -0.05) is 18.2 Å². The minimum Gasteiger partial charge on any atom is -0.340 e. The summed E-state index contributed by atoms with van der Waals surface area (Å²) in [6.45, 7) is 0. The fourth-order valence-electron chi connectivity index (χ4n) is 1.56. The summed E-state index contributed by atoms with van der Waals surface area (Å²) in [5, 5.41) is 5.73. The molecule has 17 heavy (non-hydrogen) atoms. The molecule has 6 heteroatoms. The van der Waals surface area contributed by atoms with Crippen molar-refractivity contribution in [3.05, 3.63) is 53.1 Å². The van der Waals surface area contributed by atoms with Crippen LogP contribution >= 0.6 is 0 Å². The van der Waals surface area contributed by atoms with Crippen molar-refractivity contribution >= 4 is 17.3 Å². The number of hydrogen-bond donors (Lipinski definition) is 2. The Kier molecular flexibility index (Phi) is 2.11. The molecule has 3 aromatic rings. The lowest BCUT2D eigenvalue weighted by Gasteiger charge is -2.04. The predicted octanol–water partition coefficient (Wildman–Crippen LogP) is 1.16. The molecule has 84 valence electrons. The molecule has 1 aromatic carbocycles. The SMILES string of the molecule is O=c1cc(Nc2ccccc2)nc2nc[nH]n12. The molecule has 0 fully saturated rings. The molecule has 3 rings (SSSR count). The lowest BCUT2D eigenvalue weighted by Crippen LogP contribution is -2.15. The zero-order valence-electron chi connectivity index (χ0n) is 8.79. The molecule has 0 aliphatic rings. The quantitative estimate of drug-likeness (QED) is 0.689. The van der Waals surface area contributed by atoms with Gasteiger partial charge in [0, 0.05) is 11.8 Å². The van der Waals surface area contributed by atoms with Crippen molar-refractivity contribution in [2.45, 2.75) is 0 Å². The van der Waals surface area contributed by atoms with Crippen LogP contribution in [0.3, 0.4) is 0 Å². The highest BCUT2D eigenvalue weighted by molar-refractivity contribution is 5.56. The number of hydrogen-bond acceptors (Lipinski definition) is 4. The maximum Gasteiger partial charge on any atom is 0.276 e. The van der Waals surface area contributed by atoms with Crippen molar-refractivity contribution in [2.24, 2.45) is 0 Å². The molecule has 2 N–H and O–H groups in total. The summed E-state index contributed by atoms with van der Waals surface area (Å²) in [6.07, 6.45) is 1.43. The topological polar surface area (TPSA) is 75.1 Å². The second-order valence-electron chi connectivity index (χ2n) is 3.49. The van der Waals surface area contributed by atoms with E-state index in [-0.39, 0.29) is 5.56 Å². The minimum absolute atomic E-state index is 0.203. The van der Waals surface area contributed by atoms with Crippen molar-refractivity contribution < 1.29 is 0 Å². The van der Waals surface area contributed by atoms with Crippen molar-refractivity contribution in [1.29, 1.82) is 0 Å². The molecule has 2 heterocycles. The van der Waals surface area contributed by atoms with E-state index in [1.807, 2.05) is 30.3 Å². The molecule has 0 saturated heterocycles. The smallest absolute Gasteiger partial charge is 0.276 e. The van der Waals surface area contributed by atoms with Crippen LogP contribution in [0.2, 0.25) is 0 Å². The largest absolute Gasteiger partial charge is 0.340 e. The normalized spacial score (nSPS) is 10.6. The number of aromatic amines is 1. The number of fused-ring (bicyclic) bond motifs is 1. The van der Waals surface area contributed by atoms with Gasteiger partial charge in [-0.2, -0.15) is 9.50 Å². The number of benzene rings is 1. The van der Waals surface area contributed by atoms with E-state index in [2.05, 4.69) is 20.4 Å². The molecule has 0 aliphatic carbocycles. The summed E-state index contributed by atoms with van der Waals surface area (Å²) < 4.78 is 1.27. The van der Waals surface area contributed by atoms with E-state index >= 15 is 0 Å². The summed E-state index contributed by atoms with van der Waals surface area (Å²) in [5.74, 6) is 0.823. The average Bonchev–Trinajstić information content (AvgIpc) is 2.79. The highest BCUT2D eigenvalue weighted by Gasteiger charge is 2.03. The number of rotatable bonds is 2. The van der Waals surface area contributed by atoms with Crippen molar-refractivity contribution in [3.8, 4) is 0 Å². The summed E-state index contributed by atoms with van der Waals surface area (Å²) in [7, 11) is 0. The highest BCUT2D eigenvalue weighted by Crippen LogP contribution is 2.11. The first-order valence-electron chi connectivity index (χ1n) is 5.08. The third-order valence-corrected chi connectivity index (χ3v) is 2.31. The number of para-hydroxylation sites is 1. The van der Waals surface area contributed by atoms with Gasteiger partial charge in [0.2, 0.25) is 0 Å². The van der Waals surface area contributed by atoms with Crippen molar-refractivity contribution in [2.75, 3.05) is 5.32 Å². The van der Waals surface area contributed by atoms with Gasteiger partial charge in [-0.15, -0.1) is 0 Å². The van der Waals surface area contributed by atoms with Crippen molar-refractivity contribution in [3.63, 3.8) is 0 Å². The molecule has 0 spiro atoms. The van der Waals surface area contributed by atoms with E-state index in [1.54, 1.807) is 0 Å². The monoisotopic (exact) mass is 227 g/mol. The zero-order chi connectivity index (χ0) is 11.7. The van der Waals surface area contributed by atoms with E-state index in [4.69, 9.17) is 0 Å². The average molecular weight is 227 g/mol. The molecular weight excluding hydrogens is 218 g/mol. The second kappa shape index (κ2) is 3.75. The van der Waals surface area contributed by atoms with Gasteiger partial charge in [-0.05, 0) is 12.1 Å². The zero-order valence-corrected chi connectivity index (χ0v) is 8.79. The summed E-state index contributed by atoms with van der Waals surface area (Å²) in [6, 6.07) is 10.9. The van der Waals surface area contributed by atoms with Crippen LogP contribution in [-0.4, -0.2) is 19.6 Å². The van der Waals surface area contributed by atoms with Gasteiger partial charge < -0.3 is 5.32 Å². The van der Waals surface area contributed by atoms with E-state index in [9.17, 15) is 4.79 Å². The Balaban J connectivity index is 2.04. The molecular formula is C11H9N5O. The first kappa shape index (κ1) is 9.59. The molecule has 0 saturated carbocycles. The van der Waals surface area contributed by atoms with Gasteiger partial charge in [0.05, 0.1) is 0 Å². The first-order valence-corrected chi connectivity index (χ1v) is 5.08. The lowest BCUT2D eigenvalue weighted by atomic mass is 10.3. The van der Waals surface area contributed by atoms with Crippen LogP contribution in [0.25, 0.3) is 5.78 Å². The Hall–Kier alpha value is -2.63. The van der Waals surface area contributed by atoms with Crippen LogP contribution in [0.4, 0.5) is 11.5 Å². The van der Waals surface area contributed by atoms with Gasteiger partial charge in [-0.3, -0.25) is 9.89 Å². The predicted molar refractivity (Wildman–Crippen MR) is 63.3 cm³/mol. The summed E-state index contributed by atoms with van der Waals surface area (Å²) in [4.78, 5) is 19.8. The molecule has 0 aliphatic heterocycles. The number of H-pyrrole nitrogens is 1. The van der Waals surface area contributed by atoms with Crippen LogP contribution in [0.15, 0.2) is 47.5 Å². The Morgan fingerprint density at radius 2 is 2.06 bits per heavy atom. The van der Waals surface area contributed by atoms with Crippen LogP contribution < -0.4 is 10.9 Å². The van der Waals surface area contributed by atoms with E-state index in [0.29, 0.717) is 11.6 Å². The lowest BCUT2D eigenvalue weighted by molar-refractivity contribution is 0.900. The van der Waals surface area contributed by atoms with Crippen LogP contribution in [-0.2, 0) is 0 Å². The Morgan fingerprint density at radius 3 is 2.88 bits per heavy atom. The maximum absolute atomic E-state index is 11.7. The highest BCUT2D eigenvalue weighted by atomic mass is 16.1. The van der Waals surface area contributed by atoms with Gasteiger partial charge in [-0.25, -0.2) is 4.98 Å². The van der Waals surface area contributed by atoms with Gasteiger partial charge in [0.1, 0.15) is 12.1 Å². The van der Waals surface area contributed by atoms with Crippen molar-refractivity contribution in [1.82, 2.24) is 19.6 Å². The summed E-state index contributed by atoms with van der Waals surface area (Å²) >= 11 is 0. The standard InChI is InChI=1S/C11H9N5O/c17-10-6-9(14-8-4-2-1-3-5-8)15-11-12-7-13-16(10)11/h1-7,14H,(H,12,13,15). The molecule has 0 bridgehead atoms. The van der Waals surface area contributed by atoms with E-state index in [0.717, 1.165) is 5.69 Å². The third kappa shape index (κ3) is 1.76. The second-order valence-corrected chi connectivity index (χ2v) is 3.49. The van der Waals surface area contributed by atoms with E-state index in [1.165, 1.54) is 16.9 Å². The molecule has 0 radical (unpaired) electrons. The number of nitrogens with zero attached hydrogens (tertiary/aromatic N) is 3. The van der Waals surface area contributed by atoms with Crippen LogP contribution in [0, 0.1) is 0 Å².